The largest absolute Gasteiger partial charge is 0.481 e. The molecule has 6 nitrogen and oxygen atoms in total. The average Bonchev–Trinajstić information content (AvgIpc) is 2.62. The molecule has 2 N–H and O–H groups in total. The number of hydrogen-bond acceptors (Lipinski definition) is 4. The number of nitrogens with one attached hydrogen (secondary N) is 1. The Balaban J connectivity index is 2.09. The Morgan fingerprint density at radius 3 is 2.08 bits per heavy atom. The predicted octanol–water partition coefficient (Wildman–Crippen LogP) is 3.35. The summed E-state index contributed by atoms with van der Waals surface area (Å²) < 4.78 is 27.6. The summed E-state index contributed by atoms with van der Waals surface area (Å²) in [7, 11) is -3.69. The molecule has 0 heterocycles. The molecule has 7 heteroatoms. The molecule has 2 aromatic carbocycles. The monoisotopic (exact) mass is 376 g/mol. The van der Waals surface area contributed by atoms with Crippen LogP contribution in [0.3, 0.4) is 0 Å². The zero-order chi connectivity index (χ0) is 19.2. The summed E-state index contributed by atoms with van der Waals surface area (Å²) in [6, 6.07) is 13.5. The number of aliphatic carboxylic acids is 1. The third kappa shape index (κ3) is 5.23. The molecular weight excluding hydrogens is 352 g/mol. The molecule has 0 atom stereocenters. The number of carbonyl (C=O) groups is 1. The Morgan fingerprint density at radius 2 is 1.58 bits per heavy atom. The highest BCUT2D eigenvalue weighted by molar-refractivity contribution is 7.92. The smallest absolute Gasteiger partial charge is 0.303 e. The number of sulfonamides is 1. The van der Waals surface area contributed by atoms with E-state index < -0.39 is 16.0 Å². The molecule has 2 aromatic rings. The van der Waals surface area contributed by atoms with Gasteiger partial charge in [0.25, 0.3) is 10.0 Å². The van der Waals surface area contributed by atoms with Crippen LogP contribution in [-0.4, -0.2) is 32.6 Å². The van der Waals surface area contributed by atoms with Gasteiger partial charge in [0.1, 0.15) is 0 Å². The number of rotatable bonds is 9. The number of hydrogen-bond donors (Lipinski definition) is 2. The lowest BCUT2D eigenvalue weighted by molar-refractivity contribution is -0.136. The first-order valence-corrected chi connectivity index (χ1v) is 10.0. The molecule has 0 spiro atoms. The van der Waals surface area contributed by atoms with E-state index in [2.05, 4.69) is 23.5 Å². The minimum atomic E-state index is -3.69. The third-order valence-corrected chi connectivity index (χ3v) is 5.51. The van der Waals surface area contributed by atoms with Crippen molar-refractivity contribution in [2.24, 2.45) is 0 Å². The summed E-state index contributed by atoms with van der Waals surface area (Å²) in [5, 5.41) is 8.70. The molecule has 0 saturated heterocycles. The highest BCUT2D eigenvalue weighted by atomic mass is 32.2. The molecule has 0 aromatic heterocycles. The Bertz CT molecular complexity index is 827. The Morgan fingerprint density at radius 1 is 1.00 bits per heavy atom. The summed E-state index contributed by atoms with van der Waals surface area (Å²) in [6.45, 7) is 5.91. The van der Waals surface area contributed by atoms with Crippen molar-refractivity contribution < 1.29 is 18.3 Å². The lowest BCUT2D eigenvalue weighted by atomic mass is 10.1. The molecular formula is C19H24N2O4S. The van der Waals surface area contributed by atoms with Crippen molar-refractivity contribution in [1.29, 1.82) is 0 Å². The fraction of sp³-hybridized carbons (Fsp3) is 0.316. The van der Waals surface area contributed by atoms with Crippen molar-refractivity contribution in [2.45, 2.75) is 31.6 Å². The van der Waals surface area contributed by atoms with Gasteiger partial charge < -0.3 is 10.0 Å². The van der Waals surface area contributed by atoms with Crippen LogP contribution in [-0.2, 0) is 21.2 Å². The fourth-order valence-electron chi connectivity index (χ4n) is 2.63. The van der Waals surface area contributed by atoms with Crippen LogP contribution in [0, 0.1) is 0 Å². The lowest BCUT2D eigenvalue weighted by Gasteiger charge is -2.21. The molecule has 0 saturated carbocycles. The van der Waals surface area contributed by atoms with E-state index in [1.165, 1.54) is 12.1 Å². The molecule has 0 fully saturated rings. The van der Waals surface area contributed by atoms with Gasteiger partial charge in [0.15, 0.2) is 0 Å². The Kier molecular flexibility index (Phi) is 6.63. The first-order chi connectivity index (χ1) is 12.4. The van der Waals surface area contributed by atoms with Crippen LogP contribution in [0.5, 0.6) is 0 Å². The van der Waals surface area contributed by atoms with Crippen molar-refractivity contribution >= 4 is 27.4 Å². The second kappa shape index (κ2) is 8.71. The van der Waals surface area contributed by atoms with Gasteiger partial charge in [-0.3, -0.25) is 9.52 Å². The predicted molar refractivity (Wildman–Crippen MR) is 103 cm³/mol. The van der Waals surface area contributed by atoms with Gasteiger partial charge in [0.2, 0.25) is 0 Å². The zero-order valence-corrected chi connectivity index (χ0v) is 15.8. The number of benzene rings is 2. The SMILES string of the molecule is CCN(CC)c1ccc(NS(=O)(=O)c2ccc(CCC(=O)O)cc2)cc1. The molecule has 0 bridgehead atoms. The van der Waals surface area contributed by atoms with Gasteiger partial charge in [-0.1, -0.05) is 12.1 Å². The summed E-state index contributed by atoms with van der Waals surface area (Å²) >= 11 is 0. The van der Waals surface area contributed by atoms with Crippen molar-refractivity contribution in [3.05, 3.63) is 54.1 Å². The first-order valence-electron chi connectivity index (χ1n) is 8.54. The van der Waals surface area contributed by atoms with Crippen molar-refractivity contribution in [3.8, 4) is 0 Å². The normalized spacial score (nSPS) is 11.2. The molecule has 0 unspecified atom stereocenters. The zero-order valence-electron chi connectivity index (χ0n) is 15.0. The highest BCUT2D eigenvalue weighted by Gasteiger charge is 2.14. The quantitative estimate of drug-likeness (QED) is 0.701. The Hall–Kier alpha value is -2.54. The Labute approximate surface area is 154 Å². The minimum Gasteiger partial charge on any atom is -0.481 e. The van der Waals surface area contributed by atoms with Crippen molar-refractivity contribution in [2.75, 3.05) is 22.7 Å². The summed E-state index contributed by atoms with van der Waals surface area (Å²) in [5.74, 6) is -0.878. The van der Waals surface area contributed by atoms with E-state index in [0.717, 1.165) is 24.3 Å². The molecule has 26 heavy (non-hydrogen) atoms. The topological polar surface area (TPSA) is 86.7 Å². The van der Waals surface area contributed by atoms with Crippen LogP contribution in [0.15, 0.2) is 53.4 Å². The van der Waals surface area contributed by atoms with Crippen LogP contribution in [0.25, 0.3) is 0 Å². The van der Waals surface area contributed by atoms with Crippen molar-refractivity contribution in [3.63, 3.8) is 0 Å². The molecule has 2 rings (SSSR count). The second-order valence-electron chi connectivity index (χ2n) is 5.86. The fourth-order valence-corrected chi connectivity index (χ4v) is 3.69. The van der Waals surface area contributed by atoms with Gasteiger partial charge >= 0.3 is 5.97 Å². The van der Waals surface area contributed by atoms with Crippen LogP contribution in [0.2, 0.25) is 0 Å². The van der Waals surface area contributed by atoms with Gasteiger partial charge in [-0.25, -0.2) is 8.42 Å². The molecule has 0 aliphatic heterocycles. The van der Waals surface area contributed by atoms with Crippen molar-refractivity contribution in [1.82, 2.24) is 0 Å². The van der Waals surface area contributed by atoms with Gasteiger partial charge in [-0.05, 0) is 62.2 Å². The highest BCUT2D eigenvalue weighted by Crippen LogP contribution is 2.21. The molecule has 0 amide bonds. The maximum atomic E-state index is 12.5. The van der Waals surface area contributed by atoms with E-state index in [1.807, 2.05) is 12.1 Å². The maximum absolute atomic E-state index is 12.5. The summed E-state index contributed by atoms with van der Waals surface area (Å²) in [5.41, 5.74) is 2.33. The third-order valence-electron chi connectivity index (χ3n) is 4.11. The lowest BCUT2D eigenvalue weighted by Crippen LogP contribution is -2.21. The molecule has 0 aliphatic carbocycles. The van der Waals surface area contributed by atoms with E-state index in [1.54, 1.807) is 24.3 Å². The van der Waals surface area contributed by atoms with Crippen LogP contribution < -0.4 is 9.62 Å². The molecule has 140 valence electrons. The van der Waals surface area contributed by atoms with E-state index in [-0.39, 0.29) is 11.3 Å². The number of anilines is 2. The molecule has 0 radical (unpaired) electrons. The first kappa shape index (κ1) is 19.8. The van der Waals surface area contributed by atoms with Gasteiger partial charge in [-0.2, -0.15) is 0 Å². The number of carboxylic acid groups (broad SMARTS) is 1. The van der Waals surface area contributed by atoms with E-state index in [4.69, 9.17) is 5.11 Å². The average molecular weight is 376 g/mol. The maximum Gasteiger partial charge on any atom is 0.303 e. The second-order valence-corrected chi connectivity index (χ2v) is 7.54. The number of aryl methyl sites for hydroxylation is 1. The molecule has 0 aliphatic rings. The van der Waals surface area contributed by atoms with E-state index >= 15 is 0 Å². The van der Waals surface area contributed by atoms with Crippen LogP contribution >= 0.6 is 0 Å². The summed E-state index contributed by atoms with van der Waals surface area (Å²) in [6.07, 6.45) is 0.388. The van der Waals surface area contributed by atoms with E-state index in [9.17, 15) is 13.2 Å². The van der Waals surface area contributed by atoms with Gasteiger partial charge in [0, 0.05) is 30.9 Å². The van der Waals surface area contributed by atoms with Gasteiger partial charge in [-0.15, -0.1) is 0 Å². The number of carboxylic acids is 1. The summed E-state index contributed by atoms with van der Waals surface area (Å²) in [4.78, 5) is 12.9. The van der Waals surface area contributed by atoms with Gasteiger partial charge in [0.05, 0.1) is 4.90 Å². The van der Waals surface area contributed by atoms with Crippen LogP contribution in [0.1, 0.15) is 25.8 Å². The standard InChI is InChI=1S/C19H24N2O4S/c1-3-21(4-2)17-10-8-16(9-11-17)20-26(24,25)18-12-5-15(6-13-18)7-14-19(22)23/h5-6,8-13,20H,3-4,7,14H2,1-2H3,(H,22,23). The number of nitrogens with zero attached hydrogens (tertiary/aromatic N) is 1. The minimum absolute atomic E-state index is 0.0171. The van der Waals surface area contributed by atoms with Crippen LogP contribution in [0.4, 0.5) is 11.4 Å². The van der Waals surface area contributed by atoms with E-state index in [0.29, 0.717) is 12.1 Å².